The first kappa shape index (κ1) is 13.3. The van der Waals surface area contributed by atoms with Gasteiger partial charge in [-0.15, -0.1) is 0 Å². The number of carbonyl (C=O) groups excluding carboxylic acids is 1. The molecule has 0 unspecified atom stereocenters. The van der Waals surface area contributed by atoms with Crippen molar-refractivity contribution in [2.24, 2.45) is 5.92 Å². The number of piperidine rings is 1. The average molecular weight is 276 g/mol. The Morgan fingerprint density at radius 2 is 2.25 bits per heavy atom. The second-order valence-corrected chi connectivity index (χ2v) is 5.64. The number of carbonyl (C=O) groups is 1. The number of ether oxygens (including phenoxy) is 1. The normalized spacial score (nSPS) is 26.4. The Kier molecular flexibility index (Phi) is 3.56. The smallest absolute Gasteiger partial charge is 0.273 e. The number of hydrogen-bond donors (Lipinski definition) is 0. The third-order valence-corrected chi connectivity index (χ3v) is 4.29. The van der Waals surface area contributed by atoms with Gasteiger partial charge in [0.2, 0.25) is 5.88 Å². The van der Waals surface area contributed by atoms with Gasteiger partial charge in [0.05, 0.1) is 7.11 Å². The van der Waals surface area contributed by atoms with E-state index in [4.69, 9.17) is 4.74 Å². The highest BCUT2D eigenvalue weighted by atomic mass is 16.5. The molecule has 6 nitrogen and oxygen atoms in total. The molecule has 1 aromatic heterocycles. The van der Waals surface area contributed by atoms with E-state index in [-0.39, 0.29) is 5.91 Å². The first-order valence-electron chi connectivity index (χ1n) is 7.04. The van der Waals surface area contributed by atoms with Crippen LogP contribution in [0.3, 0.4) is 0 Å². The van der Waals surface area contributed by atoms with Crippen molar-refractivity contribution in [3.8, 4) is 5.88 Å². The number of aromatic nitrogens is 2. The van der Waals surface area contributed by atoms with E-state index in [9.17, 15) is 4.79 Å². The van der Waals surface area contributed by atoms with Crippen molar-refractivity contribution in [1.29, 1.82) is 0 Å². The van der Waals surface area contributed by atoms with Crippen molar-refractivity contribution in [2.45, 2.75) is 18.9 Å². The summed E-state index contributed by atoms with van der Waals surface area (Å²) < 4.78 is 5.07. The van der Waals surface area contributed by atoms with E-state index < -0.39 is 0 Å². The van der Waals surface area contributed by atoms with Gasteiger partial charge in [0.25, 0.3) is 5.91 Å². The van der Waals surface area contributed by atoms with E-state index in [2.05, 4.69) is 21.9 Å². The lowest BCUT2D eigenvalue weighted by Gasteiger charge is -2.36. The largest absolute Gasteiger partial charge is 0.481 e. The van der Waals surface area contributed by atoms with Crippen LogP contribution in [0.2, 0.25) is 0 Å². The van der Waals surface area contributed by atoms with Gasteiger partial charge in [0.1, 0.15) is 12.0 Å². The Morgan fingerprint density at radius 3 is 3.05 bits per heavy atom. The van der Waals surface area contributed by atoms with Crippen molar-refractivity contribution in [2.75, 3.05) is 33.8 Å². The SMILES string of the molecule is COc1cc(C(=O)N2CCC[C@H]3CN(C)C[C@H]32)ncn1. The fourth-order valence-corrected chi connectivity index (χ4v) is 3.36. The van der Waals surface area contributed by atoms with E-state index in [1.165, 1.54) is 12.7 Å². The summed E-state index contributed by atoms with van der Waals surface area (Å²) in [7, 11) is 3.66. The van der Waals surface area contributed by atoms with Crippen LogP contribution in [0, 0.1) is 5.92 Å². The molecule has 1 amide bonds. The van der Waals surface area contributed by atoms with Crippen LogP contribution in [0.1, 0.15) is 23.3 Å². The minimum absolute atomic E-state index is 0.00398. The molecule has 0 aliphatic carbocycles. The summed E-state index contributed by atoms with van der Waals surface area (Å²) >= 11 is 0. The predicted molar refractivity (Wildman–Crippen MR) is 73.6 cm³/mol. The zero-order chi connectivity index (χ0) is 14.1. The van der Waals surface area contributed by atoms with Crippen LogP contribution in [-0.4, -0.2) is 65.5 Å². The lowest BCUT2D eigenvalue weighted by molar-refractivity contribution is 0.0565. The molecule has 3 rings (SSSR count). The maximum absolute atomic E-state index is 12.7. The fraction of sp³-hybridized carbons (Fsp3) is 0.643. The molecule has 0 radical (unpaired) electrons. The maximum Gasteiger partial charge on any atom is 0.273 e. The summed E-state index contributed by atoms with van der Waals surface area (Å²) in [6.07, 6.45) is 3.67. The summed E-state index contributed by atoms with van der Waals surface area (Å²) in [6, 6.07) is 1.94. The second-order valence-electron chi connectivity index (χ2n) is 5.64. The molecule has 2 saturated heterocycles. The standard InChI is InChI=1S/C14H20N4O2/c1-17-7-10-4-3-5-18(12(10)8-17)14(19)11-6-13(20-2)16-9-15-11/h6,9-10,12H,3-5,7-8H2,1-2H3/t10-,12+/m0/s1. The summed E-state index contributed by atoms with van der Waals surface area (Å²) in [4.78, 5) is 25.0. The Labute approximate surface area is 118 Å². The number of likely N-dealkylation sites (tertiary alicyclic amines) is 2. The first-order chi connectivity index (χ1) is 9.69. The van der Waals surface area contributed by atoms with Gasteiger partial charge in [-0.2, -0.15) is 0 Å². The topological polar surface area (TPSA) is 58.6 Å². The molecule has 0 spiro atoms. The molecule has 6 heteroatoms. The van der Waals surface area contributed by atoms with Gasteiger partial charge in [-0.05, 0) is 25.8 Å². The number of rotatable bonds is 2. The van der Waals surface area contributed by atoms with Gasteiger partial charge >= 0.3 is 0 Å². The van der Waals surface area contributed by atoms with Crippen molar-refractivity contribution in [1.82, 2.24) is 19.8 Å². The van der Waals surface area contributed by atoms with Gasteiger partial charge in [-0.3, -0.25) is 4.79 Å². The van der Waals surface area contributed by atoms with Gasteiger partial charge in [0, 0.05) is 31.7 Å². The zero-order valence-corrected chi connectivity index (χ0v) is 12.0. The van der Waals surface area contributed by atoms with Crippen molar-refractivity contribution >= 4 is 5.91 Å². The van der Waals surface area contributed by atoms with Crippen molar-refractivity contribution in [3.05, 3.63) is 18.1 Å². The van der Waals surface area contributed by atoms with Crippen LogP contribution in [-0.2, 0) is 0 Å². The van der Waals surface area contributed by atoms with Gasteiger partial charge < -0.3 is 14.5 Å². The Morgan fingerprint density at radius 1 is 1.40 bits per heavy atom. The predicted octanol–water partition coefficient (Wildman–Crippen LogP) is 0.651. The molecule has 20 heavy (non-hydrogen) atoms. The Balaban J connectivity index is 1.82. The molecule has 0 N–H and O–H groups in total. The monoisotopic (exact) mass is 276 g/mol. The van der Waals surface area contributed by atoms with E-state index in [1.54, 1.807) is 13.2 Å². The average Bonchev–Trinajstić information content (AvgIpc) is 2.86. The highest BCUT2D eigenvalue weighted by Gasteiger charge is 2.40. The minimum atomic E-state index is -0.00398. The van der Waals surface area contributed by atoms with E-state index in [0.717, 1.165) is 26.1 Å². The van der Waals surface area contributed by atoms with E-state index in [1.807, 2.05) is 4.90 Å². The molecule has 3 heterocycles. The first-order valence-corrected chi connectivity index (χ1v) is 7.04. The number of hydrogen-bond acceptors (Lipinski definition) is 5. The zero-order valence-electron chi connectivity index (χ0n) is 12.0. The molecule has 0 saturated carbocycles. The lowest BCUT2D eigenvalue weighted by Crippen LogP contribution is -2.48. The third-order valence-electron chi connectivity index (χ3n) is 4.29. The van der Waals surface area contributed by atoms with E-state index in [0.29, 0.717) is 23.5 Å². The molecule has 1 aromatic rings. The third kappa shape index (κ3) is 2.35. The van der Waals surface area contributed by atoms with Gasteiger partial charge in [-0.1, -0.05) is 0 Å². The van der Waals surface area contributed by atoms with Crippen LogP contribution in [0.5, 0.6) is 5.88 Å². The maximum atomic E-state index is 12.7. The summed E-state index contributed by atoms with van der Waals surface area (Å²) in [5.41, 5.74) is 0.423. The van der Waals surface area contributed by atoms with Gasteiger partial charge in [0.15, 0.2) is 0 Å². The number of methoxy groups -OCH3 is 1. The molecule has 0 bridgehead atoms. The van der Waals surface area contributed by atoms with Crippen LogP contribution in [0.15, 0.2) is 12.4 Å². The lowest BCUT2D eigenvalue weighted by atomic mass is 9.92. The molecule has 0 aromatic carbocycles. The molecule has 2 aliphatic rings. The highest BCUT2D eigenvalue weighted by Crippen LogP contribution is 2.30. The Hall–Kier alpha value is -1.69. The molecule has 2 atom stereocenters. The fourth-order valence-electron chi connectivity index (χ4n) is 3.36. The van der Waals surface area contributed by atoms with Crippen LogP contribution < -0.4 is 4.74 Å². The summed E-state index contributed by atoms with van der Waals surface area (Å²) in [5, 5.41) is 0. The van der Waals surface area contributed by atoms with Crippen LogP contribution >= 0.6 is 0 Å². The number of nitrogens with zero attached hydrogens (tertiary/aromatic N) is 4. The van der Waals surface area contributed by atoms with E-state index >= 15 is 0 Å². The Bertz CT molecular complexity index is 508. The number of amides is 1. The summed E-state index contributed by atoms with van der Waals surface area (Å²) in [6.45, 7) is 2.86. The van der Waals surface area contributed by atoms with Crippen LogP contribution in [0.25, 0.3) is 0 Å². The molecular weight excluding hydrogens is 256 g/mol. The highest BCUT2D eigenvalue weighted by molar-refractivity contribution is 5.92. The van der Waals surface area contributed by atoms with Gasteiger partial charge in [-0.25, -0.2) is 9.97 Å². The molecule has 2 aliphatic heterocycles. The van der Waals surface area contributed by atoms with Crippen molar-refractivity contribution in [3.63, 3.8) is 0 Å². The van der Waals surface area contributed by atoms with Crippen LogP contribution in [0.4, 0.5) is 0 Å². The second kappa shape index (κ2) is 5.36. The molecule has 108 valence electrons. The quantitative estimate of drug-likeness (QED) is 0.794. The summed E-state index contributed by atoms with van der Waals surface area (Å²) in [5.74, 6) is 1.03. The number of fused-ring (bicyclic) bond motifs is 1. The molecule has 2 fully saturated rings. The van der Waals surface area contributed by atoms with Crippen molar-refractivity contribution < 1.29 is 9.53 Å². The molecular formula is C14H20N4O2. The number of likely N-dealkylation sites (N-methyl/N-ethyl adjacent to an activating group) is 1. The minimum Gasteiger partial charge on any atom is -0.481 e.